The van der Waals surface area contributed by atoms with Crippen LogP contribution in [0.4, 0.5) is 0 Å². The first-order valence-corrected chi connectivity index (χ1v) is 27.6. The van der Waals surface area contributed by atoms with Gasteiger partial charge in [0.15, 0.2) is 6.10 Å². The summed E-state index contributed by atoms with van der Waals surface area (Å²) in [4.78, 5) is 47.6. The monoisotopic (exact) mass is 1020 g/mol. The second kappa shape index (κ2) is 39.9. The van der Waals surface area contributed by atoms with Gasteiger partial charge < -0.3 is 55.8 Å². The Labute approximate surface area is 414 Å². The van der Waals surface area contributed by atoms with Gasteiger partial charge in [0.2, 0.25) is 0 Å². The Balaban J connectivity index is 2.87. The maximum absolute atomic E-state index is 13.1. The number of hydrogen-bond acceptors (Lipinski definition) is 16. The summed E-state index contributed by atoms with van der Waals surface area (Å²) < 4.78 is 33.7. The van der Waals surface area contributed by atoms with E-state index in [1.165, 1.54) is 44.9 Å². The van der Waals surface area contributed by atoms with Crippen LogP contribution in [0, 0.1) is 0 Å². The minimum Gasteiger partial charge on any atom is -0.481 e. The standard InChI is InChI=1S/C50H86NO16PS/c1-3-5-7-9-11-13-15-17-18-19-21-23-25-27-29-34-43(55)66-38(36-65-68(62,63)67-49-47(59)45(57)44(56)46(58)48(49)60)35-64-50(61)39(51)37-69-41(40(52)31-30-33-42(53)54)32-28-26-24-22-20-16-14-12-10-8-6-4-2/h12-15,20,22,24,26,28,32,38-41,44-49,52,56-60H,3-11,16-19,21,23,25,27,29-31,33-37,51H2,1-2H3,(H,53,54)(H,62,63)/b14-12-,15-13-,22-20-,26-24+,32-28+/t38-,39+,40+,41-,44?,45-,46+,47-,48-,49?/m1/s1. The Morgan fingerprint density at radius 3 is 1.83 bits per heavy atom. The molecule has 0 heterocycles. The fraction of sp³-hybridized carbons (Fsp3) is 0.740. The van der Waals surface area contributed by atoms with Crippen LogP contribution in [0.3, 0.4) is 0 Å². The van der Waals surface area contributed by atoms with E-state index in [9.17, 15) is 54.5 Å². The van der Waals surface area contributed by atoms with Crippen LogP contribution in [0.15, 0.2) is 60.8 Å². The second-order valence-corrected chi connectivity index (χ2v) is 20.1. The molecular weight excluding hydrogens is 934 g/mol. The Hall–Kier alpha value is -2.71. The Bertz CT molecular complexity index is 1560. The molecule has 1 rings (SSSR count). The van der Waals surface area contributed by atoms with E-state index in [1.54, 1.807) is 18.2 Å². The number of allylic oxidation sites excluding steroid dienone is 9. The van der Waals surface area contributed by atoms with Gasteiger partial charge in [0, 0.05) is 23.8 Å². The first-order valence-electron chi connectivity index (χ1n) is 25.0. The third kappa shape index (κ3) is 31.4. The van der Waals surface area contributed by atoms with Crippen molar-refractivity contribution in [3.63, 3.8) is 0 Å². The number of carboxylic acids is 1. The first-order chi connectivity index (χ1) is 33.0. The topological polar surface area (TPSA) is 293 Å². The zero-order chi connectivity index (χ0) is 51.3. The van der Waals surface area contributed by atoms with Crippen molar-refractivity contribution >= 4 is 37.5 Å². The summed E-state index contributed by atoms with van der Waals surface area (Å²) >= 11 is 1.14. The van der Waals surface area contributed by atoms with Crippen molar-refractivity contribution in [3.05, 3.63) is 60.8 Å². The smallest absolute Gasteiger partial charge is 0.472 e. The zero-order valence-electron chi connectivity index (χ0n) is 41.0. The molecule has 1 fully saturated rings. The zero-order valence-corrected chi connectivity index (χ0v) is 42.7. The van der Waals surface area contributed by atoms with E-state index < -0.39 is 99.1 Å². The van der Waals surface area contributed by atoms with Crippen LogP contribution >= 0.6 is 19.6 Å². The summed E-state index contributed by atoms with van der Waals surface area (Å²) in [6, 6.07) is -1.26. The number of hydrogen-bond donors (Lipinski definition) is 9. The molecule has 0 bridgehead atoms. The van der Waals surface area contributed by atoms with E-state index in [4.69, 9.17) is 29.4 Å². The molecule has 19 heteroatoms. The molecule has 1 aliphatic rings. The van der Waals surface area contributed by atoms with Crippen LogP contribution in [0.5, 0.6) is 0 Å². The van der Waals surface area contributed by atoms with Crippen LogP contribution in [-0.2, 0) is 37.5 Å². The number of phosphoric ester groups is 1. The van der Waals surface area contributed by atoms with E-state index in [0.29, 0.717) is 6.42 Å². The van der Waals surface area contributed by atoms with Gasteiger partial charge in [-0.25, -0.2) is 4.57 Å². The normalized spacial score (nSPS) is 22.7. The lowest BCUT2D eigenvalue weighted by molar-refractivity contribution is -0.220. The molecule has 3 unspecified atom stereocenters. The molecule has 0 aromatic carbocycles. The third-order valence-electron chi connectivity index (χ3n) is 11.3. The van der Waals surface area contributed by atoms with Crippen LogP contribution < -0.4 is 5.73 Å². The summed E-state index contributed by atoms with van der Waals surface area (Å²) in [7, 11) is -5.26. The van der Waals surface area contributed by atoms with Crippen molar-refractivity contribution < 1.29 is 78.1 Å². The molecule has 398 valence electrons. The van der Waals surface area contributed by atoms with E-state index in [2.05, 4.69) is 38.2 Å². The lowest BCUT2D eigenvalue weighted by Gasteiger charge is -2.41. The molecule has 0 amide bonds. The van der Waals surface area contributed by atoms with Crippen LogP contribution in [0.25, 0.3) is 0 Å². The van der Waals surface area contributed by atoms with Gasteiger partial charge in [-0.3, -0.25) is 23.4 Å². The quantitative estimate of drug-likeness (QED) is 0.00975. The van der Waals surface area contributed by atoms with E-state index >= 15 is 0 Å². The summed E-state index contributed by atoms with van der Waals surface area (Å²) in [6.07, 6.45) is 24.3. The van der Waals surface area contributed by atoms with E-state index in [1.807, 2.05) is 18.2 Å². The predicted molar refractivity (Wildman–Crippen MR) is 268 cm³/mol. The lowest BCUT2D eigenvalue weighted by Crippen LogP contribution is -2.64. The number of aliphatic hydroxyl groups is 6. The van der Waals surface area contributed by atoms with E-state index in [0.717, 1.165) is 76.0 Å². The van der Waals surface area contributed by atoms with Gasteiger partial charge in [0.1, 0.15) is 49.3 Å². The number of thioether (sulfide) groups is 1. The number of aliphatic carboxylic acids is 1. The highest BCUT2D eigenvalue weighted by Gasteiger charge is 2.51. The van der Waals surface area contributed by atoms with Gasteiger partial charge in [-0.2, -0.15) is 0 Å². The van der Waals surface area contributed by atoms with Gasteiger partial charge >= 0.3 is 25.7 Å². The summed E-state index contributed by atoms with van der Waals surface area (Å²) in [5, 5.41) is 69.9. The number of nitrogens with two attached hydrogens (primary N) is 1. The van der Waals surface area contributed by atoms with Crippen molar-refractivity contribution in [2.24, 2.45) is 5.73 Å². The lowest BCUT2D eigenvalue weighted by atomic mass is 9.85. The minimum absolute atomic E-state index is 0.0127. The van der Waals surface area contributed by atoms with Gasteiger partial charge in [0.05, 0.1) is 12.7 Å². The highest BCUT2D eigenvalue weighted by atomic mass is 32.2. The van der Waals surface area contributed by atoms with Crippen molar-refractivity contribution in [1.82, 2.24) is 0 Å². The maximum atomic E-state index is 13.1. The van der Waals surface area contributed by atoms with Crippen LogP contribution in [0.1, 0.15) is 155 Å². The summed E-state index contributed by atoms with van der Waals surface area (Å²) in [6.45, 7) is 2.81. The SMILES string of the molecule is CCCCC/C=C\C\C=C/C=C/C=C/[C@@H](SC[C@H](N)C(=O)OC[C@H](COP(=O)(O)OC1[C@H](O)[C@H](O)C(O)[C@H](O)[C@H]1O)OC(=O)CCCCCCCCC/C=C\CCCCCC)[C@@H](O)CCCC(=O)O. The molecule has 1 saturated carbocycles. The Morgan fingerprint density at radius 2 is 1.20 bits per heavy atom. The van der Waals surface area contributed by atoms with Gasteiger partial charge in [-0.15, -0.1) is 11.8 Å². The number of aliphatic hydroxyl groups excluding tert-OH is 6. The minimum atomic E-state index is -5.26. The number of carbonyl (C=O) groups is 3. The largest absolute Gasteiger partial charge is 0.481 e. The van der Waals surface area contributed by atoms with Gasteiger partial charge in [-0.1, -0.05) is 139 Å². The Kier molecular flexibility index (Phi) is 37.1. The number of unbranched alkanes of at least 4 members (excludes halogenated alkanes) is 14. The molecule has 0 spiro atoms. The maximum Gasteiger partial charge on any atom is 0.472 e. The predicted octanol–water partition coefficient (Wildman–Crippen LogP) is 7.04. The number of ether oxygens (including phenoxy) is 2. The Morgan fingerprint density at radius 1 is 0.667 bits per heavy atom. The molecule has 0 saturated heterocycles. The van der Waals surface area contributed by atoms with Crippen molar-refractivity contribution in [2.75, 3.05) is 19.0 Å². The molecule has 0 aromatic rings. The molecule has 0 aliphatic heterocycles. The van der Waals surface area contributed by atoms with Crippen molar-refractivity contribution in [3.8, 4) is 0 Å². The molecule has 1 aliphatic carbocycles. The fourth-order valence-electron chi connectivity index (χ4n) is 7.13. The average molecular weight is 1020 g/mol. The molecule has 17 nitrogen and oxygen atoms in total. The molecule has 10 N–H and O–H groups in total. The highest BCUT2D eigenvalue weighted by Crippen LogP contribution is 2.47. The molecule has 11 atom stereocenters. The summed E-state index contributed by atoms with van der Waals surface area (Å²) in [5.74, 6) is -2.69. The number of esters is 2. The van der Waals surface area contributed by atoms with E-state index in [-0.39, 0.29) is 31.4 Å². The van der Waals surface area contributed by atoms with Gasteiger partial charge in [0.25, 0.3) is 0 Å². The van der Waals surface area contributed by atoms with Crippen LogP contribution in [-0.4, -0.2) is 138 Å². The molecule has 0 aromatic heterocycles. The van der Waals surface area contributed by atoms with Gasteiger partial charge in [-0.05, 0) is 64.2 Å². The second-order valence-electron chi connectivity index (χ2n) is 17.5. The number of rotatable bonds is 41. The van der Waals surface area contributed by atoms with Crippen LogP contribution in [0.2, 0.25) is 0 Å². The number of carbonyl (C=O) groups excluding carboxylic acids is 2. The summed E-state index contributed by atoms with van der Waals surface area (Å²) in [5.41, 5.74) is 6.18. The number of phosphoric acid groups is 1. The number of carboxylic acid groups (broad SMARTS) is 1. The molecule has 69 heavy (non-hydrogen) atoms. The first kappa shape index (κ1) is 64.3. The third-order valence-corrected chi connectivity index (χ3v) is 13.7. The van der Waals surface area contributed by atoms with Crippen molar-refractivity contribution in [1.29, 1.82) is 0 Å². The van der Waals surface area contributed by atoms with Crippen molar-refractivity contribution in [2.45, 2.75) is 215 Å². The average Bonchev–Trinajstić information content (AvgIpc) is 3.32. The fourth-order valence-corrected chi connectivity index (χ4v) is 9.23. The molecule has 0 radical (unpaired) electrons. The highest BCUT2D eigenvalue weighted by molar-refractivity contribution is 8.00. The molecular formula is C50H86NO16PS.